The van der Waals surface area contributed by atoms with E-state index in [-0.39, 0.29) is 5.92 Å². The molecule has 3 nitrogen and oxygen atoms in total. The van der Waals surface area contributed by atoms with Crippen molar-refractivity contribution >= 4 is 17.6 Å². The molecule has 1 heterocycles. The van der Waals surface area contributed by atoms with E-state index in [1.807, 2.05) is 6.07 Å². The maximum absolute atomic E-state index is 5.81. The summed E-state index contributed by atoms with van der Waals surface area (Å²) >= 11 is 1.61. The number of hydrogen-bond acceptors (Lipinski definition) is 4. The summed E-state index contributed by atoms with van der Waals surface area (Å²) < 4.78 is 0. The number of hydrogen-bond donors (Lipinski definition) is 1. The number of nitrogens with zero attached hydrogens (tertiary/aromatic N) is 2. The number of aromatic nitrogens is 2. The Balaban J connectivity index is 2.26. The zero-order chi connectivity index (χ0) is 13.1. The number of nitrogen functional groups attached to an aromatic ring is 1. The van der Waals surface area contributed by atoms with Crippen molar-refractivity contribution in [3.05, 3.63) is 41.7 Å². The number of aryl methyl sites for hydroxylation is 1. The molecule has 2 aromatic rings. The minimum Gasteiger partial charge on any atom is -0.384 e. The van der Waals surface area contributed by atoms with Crippen LogP contribution in [0.2, 0.25) is 0 Å². The molecule has 0 bridgehead atoms. The van der Waals surface area contributed by atoms with Crippen LogP contribution in [0.15, 0.2) is 40.3 Å². The Kier molecular flexibility index (Phi) is 3.87. The maximum Gasteiger partial charge on any atom is 0.134 e. The normalized spacial score (nSPS) is 10.9. The van der Waals surface area contributed by atoms with E-state index in [4.69, 9.17) is 5.73 Å². The van der Waals surface area contributed by atoms with Crippen molar-refractivity contribution < 1.29 is 0 Å². The standard InChI is InChI=1S/C14H17N3S/c1-9(2)14-16-12(15)8-13(17-14)18-11-6-4-10(3)5-7-11/h4-9H,1-3H3,(H2,15,16,17). The summed E-state index contributed by atoms with van der Waals surface area (Å²) in [5.41, 5.74) is 7.06. The lowest BCUT2D eigenvalue weighted by Crippen LogP contribution is -2.02. The van der Waals surface area contributed by atoms with E-state index in [2.05, 4.69) is 55.0 Å². The van der Waals surface area contributed by atoms with Gasteiger partial charge < -0.3 is 5.73 Å². The van der Waals surface area contributed by atoms with E-state index in [9.17, 15) is 0 Å². The Labute approximate surface area is 112 Å². The van der Waals surface area contributed by atoms with Gasteiger partial charge in [0.05, 0.1) is 0 Å². The third-order valence-electron chi connectivity index (χ3n) is 2.50. The second kappa shape index (κ2) is 5.40. The number of rotatable bonds is 3. The fraction of sp³-hybridized carbons (Fsp3) is 0.286. The molecule has 0 aliphatic carbocycles. The molecular formula is C14H17N3S. The molecule has 0 unspecified atom stereocenters. The maximum atomic E-state index is 5.81. The van der Waals surface area contributed by atoms with E-state index < -0.39 is 0 Å². The molecule has 0 aliphatic heterocycles. The fourth-order valence-corrected chi connectivity index (χ4v) is 2.33. The van der Waals surface area contributed by atoms with Crippen LogP contribution < -0.4 is 5.73 Å². The summed E-state index contributed by atoms with van der Waals surface area (Å²) in [4.78, 5) is 9.93. The van der Waals surface area contributed by atoms with Crippen LogP contribution in [0.25, 0.3) is 0 Å². The molecule has 0 spiro atoms. The Morgan fingerprint density at radius 3 is 2.39 bits per heavy atom. The van der Waals surface area contributed by atoms with Crippen molar-refractivity contribution in [1.29, 1.82) is 0 Å². The second-order valence-corrected chi connectivity index (χ2v) is 5.65. The third-order valence-corrected chi connectivity index (χ3v) is 3.43. The summed E-state index contributed by atoms with van der Waals surface area (Å²) in [7, 11) is 0. The van der Waals surface area contributed by atoms with Gasteiger partial charge in [0.2, 0.25) is 0 Å². The molecule has 0 fully saturated rings. The first-order chi connectivity index (χ1) is 8.54. The SMILES string of the molecule is Cc1ccc(Sc2cc(N)nc(C(C)C)n2)cc1. The van der Waals surface area contributed by atoms with Gasteiger partial charge >= 0.3 is 0 Å². The number of nitrogens with two attached hydrogens (primary N) is 1. The molecular weight excluding hydrogens is 242 g/mol. The van der Waals surface area contributed by atoms with Crippen molar-refractivity contribution in [1.82, 2.24) is 9.97 Å². The van der Waals surface area contributed by atoms with Gasteiger partial charge in [-0.3, -0.25) is 0 Å². The van der Waals surface area contributed by atoms with Gasteiger partial charge in [0.1, 0.15) is 16.7 Å². The van der Waals surface area contributed by atoms with Crippen LogP contribution >= 0.6 is 11.8 Å². The van der Waals surface area contributed by atoms with Crippen LogP contribution in [0, 0.1) is 6.92 Å². The molecule has 18 heavy (non-hydrogen) atoms. The van der Waals surface area contributed by atoms with Gasteiger partial charge in [-0.05, 0) is 19.1 Å². The third kappa shape index (κ3) is 3.23. The monoisotopic (exact) mass is 259 g/mol. The van der Waals surface area contributed by atoms with E-state index in [1.165, 1.54) is 5.56 Å². The van der Waals surface area contributed by atoms with Crippen LogP contribution in [0.5, 0.6) is 0 Å². The fourth-order valence-electron chi connectivity index (χ4n) is 1.50. The summed E-state index contributed by atoms with van der Waals surface area (Å²) in [5, 5.41) is 0.898. The van der Waals surface area contributed by atoms with Gasteiger partial charge in [0, 0.05) is 16.9 Å². The first-order valence-electron chi connectivity index (χ1n) is 5.93. The molecule has 0 amide bonds. The van der Waals surface area contributed by atoms with Crippen LogP contribution in [0.1, 0.15) is 31.2 Å². The number of anilines is 1. The molecule has 0 saturated heterocycles. The van der Waals surface area contributed by atoms with Crippen molar-refractivity contribution in [2.24, 2.45) is 0 Å². The highest BCUT2D eigenvalue weighted by Gasteiger charge is 2.07. The van der Waals surface area contributed by atoms with Gasteiger partial charge in [-0.15, -0.1) is 0 Å². The molecule has 0 aliphatic rings. The van der Waals surface area contributed by atoms with Crippen LogP contribution in [0.3, 0.4) is 0 Å². The van der Waals surface area contributed by atoms with E-state index >= 15 is 0 Å². The number of benzene rings is 1. The van der Waals surface area contributed by atoms with Crippen LogP contribution in [-0.2, 0) is 0 Å². The first kappa shape index (κ1) is 12.9. The highest BCUT2D eigenvalue weighted by atomic mass is 32.2. The van der Waals surface area contributed by atoms with E-state index in [1.54, 1.807) is 11.8 Å². The van der Waals surface area contributed by atoms with Crippen molar-refractivity contribution in [3.63, 3.8) is 0 Å². The average Bonchev–Trinajstić information content (AvgIpc) is 2.31. The molecule has 0 saturated carbocycles. The van der Waals surface area contributed by atoms with Crippen molar-refractivity contribution in [2.45, 2.75) is 36.6 Å². The lowest BCUT2D eigenvalue weighted by Gasteiger charge is -2.07. The van der Waals surface area contributed by atoms with Gasteiger partial charge in [-0.25, -0.2) is 9.97 Å². The van der Waals surface area contributed by atoms with Gasteiger partial charge in [0.25, 0.3) is 0 Å². The van der Waals surface area contributed by atoms with E-state index in [0.29, 0.717) is 5.82 Å². The topological polar surface area (TPSA) is 51.8 Å². The quantitative estimate of drug-likeness (QED) is 0.855. The average molecular weight is 259 g/mol. The van der Waals surface area contributed by atoms with Gasteiger partial charge in [-0.2, -0.15) is 0 Å². The van der Waals surface area contributed by atoms with Crippen molar-refractivity contribution in [3.8, 4) is 0 Å². The van der Waals surface area contributed by atoms with Gasteiger partial charge in [0.15, 0.2) is 0 Å². The Morgan fingerprint density at radius 1 is 1.11 bits per heavy atom. The summed E-state index contributed by atoms with van der Waals surface area (Å²) in [6, 6.07) is 10.2. The Bertz CT molecular complexity index is 535. The second-order valence-electron chi connectivity index (χ2n) is 4.56. The molecule has 1 aromatic carbocycles. The lowest BCUT2D eigenvalue weighted by molar-refractivity contribution is 0.756. The summed E-state index contributed by atoms with van der Waals surface area (Å²) in [6.45, 7) is 6.21. The summed E-state index contributed by atoms with van der Waals surface area (Å²) in [5.74, 6) is 1.61. The molecule has 2 rings (SSSR count). The lowest BCUT2D eigenvalue weighted by atomic mass is 10.2. The molecule has 0 atom stereocenters. The minimum absolute atomic E-state index is 0.283. The molecule has 4 heteroatoms. The molecule has 2 N–H and O–H groups in total. The predicted octanol–water partition coefficient (Wildman–Crippen LogP) is 3.64. The molecule has 1 aromatic heterocycles. The Morgan fingerprint density at radius 2 is 1.78 bits per heavy atom. The molecule has 0 radical (unpaired) electrons. The molecule has 94 valence electrons. The van der Waals surface area contributed by atoms with Crippen molar-refractivity contribution in [2.75, 3.05) is 5.73 Å². The summed E-state index contributed by atoms with van der Waals surface area (Å²) in [6.07, 6.45) is 0. The van der Waals surface area contributed by atoms with Crippen LogP contribution in [-0.4, -0.2) is 9.97 Å². The highest BCUT2D eigenvalue weighted by molar-refractivity contribution is 7.99. The minimum atomic E-state index is 0.283. The predicted molar refractivity (Wildman–Crippen MR) is 75.8 cm³/mol. The van der Waals surface area contributed by atoms with Gasteiger partial charge in [-0.1, -0.05) is 43.3 Å². The smallest absolute Gasteiger partial charge is 0.134 e. The highest BCUT2D eigenvalue weighted by Crippen LogP contribution is 2.28. The largest absolute Gasteiger partial charge is 0.384 e. The Hall–Kier alpha value is -1.55. The zero-order valence-corrected chi connectivity index (χ0v) is 11.7. The zero-order valence-electron chi connectivity index (χ0n) is 10.8. The van der Waals surface area contributed by atoms with E-state index in [0.717, 1.165) is 15.7 Å². The first-order valence-corrected chi connectivity index (χ1v) is 6.75. The van der Waals surface area contributed by atoms with Crippen LogP contribution in [0.4, 0.5) is 5.82 Å².